The molecule has 17 heavy (non-hydrogen) atoms. The first kappa shape index (κ1) is 14.3. The molecule has 0 aliphatic heterocycles. The summed E-state index contributed by atoms with van der Waals surface area (Å²) in [6, 6.07) is 7.16. The van der Waals surface area contributed by atoms with Crippen molar-refractivity contribution in [2.24, 2.45) is 0 Å². The Morgan fingerprint density at radius 2 is 2.12 bits per heavy atom. The predicted octanol–water partition coefficient (Wildman–Crippen LogP) is 3.51. The molecule has 0 amide bonds. The van der Waals surface area contributed by atoms with E-state index in [0.717, 1.165) is 0 Å². The van der Waals surface area contributed by atoms with E-state index in [4.69, 9.17) is 16.3 Å². The minimum Gasteiger partial charge on any atom is -0.491 e. The second-order valence-electron chi connectivity index (χ2n) is 5.06. The fraction of sp³-hybridized carbons (Fsp3) is 0.385. The third-order valence-electron chi connectivity index (χ3n) is 2.04. The lowest BCUT2D eigenvalue weighted by Gasteiger charge is -2.12. The number of rotatable bonds is 5. The van der Waals surface area contributed by atoms with E-state index in [9.17, 15) is 5.11 Å². The zero-order valence-corrected chi connectivity index (χ0v) is 12.2. The second-order valence-corrected chi connectivity index (χ2v) is 10.6. The largest absolute Gasteiger partial charge is 0.491 e. The third-order valence-corrected chi connectivity index (χ3v) is 3.46. The average Bonchev–Trinajstić information content (AvgIpc) is 2.23. The van der Waals surface area contributed by atoms with E-state index in [1.54, 1.807) is 12.1 Å². The molecule has 2 nitrogen and oxygen atoms in total. The quantitative estimate of drug-likeness (QED) is 0.830. The van der Waals surface area contributed by atoms with Gasteiger partial charge in [-0.05, 0) is 18.2 Å². The van der Waals surface area contributed by atoms with Crippen LogP contribution in [0.5, 0.6) is 5.75 Å². The molecule has 1 rings (SSSR count). The molecule has 0 radical (unpaired) electrons. The predicted molar refractivity (Wildman–Crippen MR) is 75.4 cm³/mol. The molecule has 0 saturated heterocycles. The maximum atomic E-state index is 9.72. The van der Waals surface area contributed by atoms with Gasteiger partial charge in [-0.25, -0.2) is 0 Å². The highest BCUT2D eigenvalue weighted by Crippen LogP contribution is 2.17. The molecule has 1 N–H and O–H groups in total. The van der Waals surface area contributed by atoms with Gasteiger partial charge in [-0.1, -0.05) is 49.1 Å². The number of benzene rings is 1. The molecular weight excluding hydrogens is 252 g/mol. The van der Waals surface area contributed by atoms with Gasteiger partial charge in [0.1, 0.15) is 18.5 Å². The third kappa shape index (κ3) is 6.51. The normalized spacial score (nSPS) is 13.9. The Labute approximate surface area is 109 Å². The smallest absolute Gasteiger partial charge is 0.120 e. The highest BCUT2D eigenvalue weighted by atomic mass is 35.5. The summed E-state index contributed by atoms with van der Waals surface area (Å²) < 4.78 is 5.44. The van der Waals surface area contributed by atoms with Crippen molar-refractivity contribution in [3.8, 4) is 5.75 Å². The molecule has 0 fully saturated rings. The molecule has 0 aliphatic rings. The van der Waals surface area contributed by atoms with Gasteiger partial charge in [0.2, 0.25) is 0 Å². The molecule has 1 unspecified atom stereocenters. The van der Waals surface area contributed by atoms with Crippen LogP contribution in [-0.2, 0) is 0 Å². The van der Waals surface area contributed by atoms with E-state index in [1.807, 2.05) is 18.2 Å². The Morgan fingerprint density at radius 3 is 2.71 bits per heavy atom. The van der Waals surface area contributed by atoms with Gasteiger partial charge < -0.3 is 9.84 Å². The molecule has 0 heterocycles. The number of aliphatic hydroxyl groups is 1. The topological polar surface area (TPSA) is 29.5 Å². The van der Waals surface area contributed by atoms with Crippen LogP contribution in [0.2, 0.25) is 24.7 Å². The Hall–Kier alpha value is -0.773. The van der Waals surface area contributed by atoms with E-state index in [-0.39, 0.29) is 6.61 Å². The Kier molecular flexibility index (Phi) is 5.24. The van der Waals surface area contributed by atoms with Gasteiger partial charge in [0.25, 0.3) is 0 Å². The van der Waals surface area contributed by atoms with Gasteiger partial charge in [-0.3, -0.25) is 0 Å². The molecule has 0 aromatic heterocycles. The lowest BCUT2D eigenvalue weighted by atomic mass is 10.3. The minimum atomic E-state index is -1.25. The molecular formula is C13H19ClO2Si. The van der Waals surface area contributed by atoms with Gasteiger partial charge in [0.05, 0.1) is 8.07 Å². The van der Waals surface area contributed by atoms with Crippen LogP contribution in [-0.4, -0.2) is 25.9 Å². The van der Waals surface area contributed by atoms with E-state index in [1.165, 1.54) is 0 Å². The first-order chi connectivity index (χ1) is 7.87. The van der Waals surface area contributed by atoms with Crippen molar-refractivity contribution in [3.63, 3.8) is 0 Å². The lowest BCUT2D eigenvalue weighted by molar-refractivity contribution is 0.144. The monoisotopic (exact) mass is 270 g/mol. The van der Waals surface area contributed by atoms with Crippen LogP contribution in [0.3, 0.4) is 0 Å². The molecule has 0 bridgehead atoms. The lowest BCUT2D eigenvalue weighted by Crippen LogP contribution is -2.20. The van der Waals surface area contributed by atoms with Gasteiger partial charge >= 0.3 is 0 Å². The van der Waals surface area contributed by atoms with E-state index in [0.29, 0.717) is 10.8 Å². The maximum Gasteiger partial charge on any atom is 0.120 e. The van der Waals surface area contributed by atoms with Crippen LogP contribution in [0.25, 0.3) is 0 Å². The summed E-state index contributed by atoms with van der Waals surface area (Å²) >= 11 is 5.83. The highest BCUT2D eigenvalue weighted by molar-refractivity contribution is 6.80. The molecule has 0 spiro atoms. The van der Waals surface area contributed by atoms with Crippen molar-refractivity contribution in [3.05, 3.63) is 41.1 Å². The van der Waals surface area contributed by atoms with Crippen LogP contribution in [0.1, 0.15) is 0 Å². The summed E-state index contributed by atoms with van der Waals surface area (Å²) in [5.41, 5.74) is 2.11. The molecule has 1 atom stereocenters. The van der Waals surface area contributed by atoms with Gasteiger partial charge in [-0.2, -0.15) is 0 Å². The van der Waals surface area contributed by atoms with Gasteiger partial charge in [-0.15, -0.1) is 0 Å². The Bertz CT molecular complexity index is 385. The van der Waals surface area contributed by atoms with E-state index in [2.05, 4.69) is 25.3 Å². The van der Waals surface area contributed by atoms with Crippen molar-refractivity contribution in [1.29, 1.82) is 0 Å². The van der Waals surface area contributed by atoms with Crippen molar-refractivity contribution in [1.82, 2.24) is 0 Å². The summed E-state index contributed by atoms with van der Waals surface area (Å²) in [6.07, 6.45) is 1.25. The fourth-order valence-corrected chi connectivity index (χ4v) is 2.17. The van der Waals surface area contributed by atoms with Gasteiger partial charge in [0, 0.05) is 5.02 Å². The van der Waals surface area contributed by atoms with Crippen LogP contribution < -0.4 is 4.74 Å². The van der Waals surface area contributed by atoms with E-state index < -0.39 is 14.2 Å². The Balaban J connectivity index is 2.43. The molecule has 4 heteroatoms. The standard InChI is InChI=1S/C13H19ClO2Si/c1-17(2,3)8-7-12(15)10-16-13-6-4-5-11(14)9-13/h4-9,12,15H,10H2,1-3H3/b8-7+. The molecule has 94 valence electrons. The van der Waals surface area contributed by atoms with Crippen LogP contribution in [0, 0.1) is 0 Å². The van der Waals surface area contributed by atoms with Gasteiger partial charge in [0.15, 0.2) is 0 Å². The van der Waals surface area contributed by atoms with Crippen LogP contribution in [0.4, 0.5) is 0 Å². The summed E-state index contributed by atoms with van der Waals surface area (Å²) in [7, 11) is -1.25. The van der Waals surface area contributed by atoms with E-state index >= 15 is 0 Å². The first-order valence-electron chi connectivity index (χ1n) is 5.62. The number of hydrogen-bond donors (Lipinski definition) is 1. The summed E-state index contributed by atoms with van der Waals surface area (Å²) in [5, 5.41) is 10.4. The SMILES string of the molecule is C[Si](C)(C)/C=C/C(O)COc1cccc(Cl)c1. The highest BCUT2D eigenvalue weighted by Gasteiger charge is 2.09. The molecule has 0 saturated carbocycles. The molecule has 0 aliphatic carbocycles. The molecule has 1 aromatic rings. The van der Waals surface area contributed by atoms with Crippen LogP contribution in [0.15, 0.2) is 36.0 Å². The van der Waals surface area contributed by atoms with Crippen molar-refractivity contribution in [2.45, 2.75) is 25.7 Å². The summed E-state index contributed by atoms with van der Waals surface area (Å²) in [5.74, 6) is 0.679. The zero-order chi connectivity index (χ0) is 12.9. The van der Waals surface area contributed by atoms with Crippen LogP contribution >= 0.6 is 11.6 Å². The first-order valence-corrected chi connectivity index (χ1v) is 9.58. The summed E-state index contributed by atoms with van der Waals surface area (Å²) in [6.45, 7) is 6.90. The number of halogens is 1. The zero-order valence-electron chi connectivity index (χ0n) is 10.5. The average molecular weight is 271 g/mol. The maximum absolute atomic E-state index is 9.72. The second kappa shape index (κ2) is 6.24. The van der Waals surface area contributed by atoms with Crippen molar-refractivity contribution < 1.29 is 9.84 Å². The molecule has 1 aromatic carbocycles. The number of ether oxygens (including phenoxy) is 1. The Morgan fingerprint density at radius 1 is 1.41 bits per heavy atom. The summed E-state index contributed by atoms with van der Waals surface area (Å²) in [4.78, 5) is 0. The number of aliphatic hydroxyl groups excluding tert-OH is 1. The van der Waals surface area contributed by atoms with Crippen molar-refractivity contribution >= 4 is 19.7 Å². The van der Waals surface area contributed by atoms with Crippen molar-refractivity contribution in [2.75, 3.05) is 6.61 Å². The minimum absolute atomic E-state index is 0.251. The fourth-order valence-electron chi connectivity index (χ4n) is 1.19. The number of hydrogen-bond acceptors (Lipinski definition) is 2.